The van der Waals surface area contributed by atoms with E-state index >= 15 is 0 Å². The van der Waals surface area contributed by atoms with E-state index in [-0.39, 0.29) is 18.0 Å². The van der Waals surface area contributed by atoms with E-state index in [0.717, 1.165) is 25.7 Å². The lowest BCUT2D eigenvalue weighted by Crippen LogP contribution is -2.29. The molecule has 0 N–H and O–H groups in total. The van der Waals surface area contributed by atoms with Crippen molar-refractivity contribution in [2.24, 2.45) is 5.92 Å². The summed E-state index contributed by atoms with van der Waals surface area (Å²) in [5.74, 6) is 0.117. The molecule has 1 heterocycles. The molecule has 3 nitrogen and oxygen atoms in total. The van der Waals surface area contributed by atoms with Crippen LogP contribution >= 0.6 is 0 Å². The Morgan fingerprint density at radius 2 is 1.67 bits per heavy atom. The van der Waals surface area contributed by atoms with Gasteiger partial charge in [0.25, 0.3) is 0 Å². The van der Waals surface area contributed by atoms with Gasteiger partial charge in [0.2, 0.25) is 0 Å². The SMILES string of the molecule is O=C(OC1CCCCC1)C1CCOCC1. The van der Waals surface area contributed by atoms with Gasteiger partial charge in [0.05, 0.1) is 5.92 Å². The zero-order valence-corrected chi connectivity index (χ0v) is 9.24. The Kier molecular flexibility index (Phi) is 4.01. The summed E-state index contributed by atoms with van der Waals surface area (Å²) in [6.07, 6.45) is 7.73. The minimum atomic E-state index is 0.0187. The van der Waals surface area contributed by atoms with Gasteiger partial charge >= 0.3 is 5.97 Å². The standard InChI is InChI=1S/C12H20O3/c13-12(10-6-8-14-9-7-10)15-11-4-2-1-3-5-11/h10-11H,1-9H2. The number of carbonyl (C=O) groups is 1. The van der Waals surface area contributed by atoms with Crippen molar-refractivity contribution in [1.82, 2.24) is 0 Å². The second-order valence-electron chi connectivity index (χ2n) is 4.58. The van der Waals surface area contributed by atoms with E-state index < -0.39 is 0 Å². The maximum atomic E-state index is 11.8. The first-order valence-electron chi connectivity index (χ1n) is 6.14. The molecule has 1 aliphatic carbocycles. The van der Waals surface area contributed by atoms with Crippen LogP contribution in [-0.2, 0) is 14.3 Å². The van der Waals surface area contributed by atoms with Crippen LogP contribution < -0.4 is 0 Å². The molecule has 0 bridgehead atoms. The lowest BCUT2D eigenvalue weighted by atomic mass is 9.97. The van der Waals surface area contributed by atoms with Crippen LogP contribution in [0.25, 0.3) is 0 Å². The van der Waals surface area contributed by atoms with Gasteiger partial charge in [0.15, 0.2) is 0 Å². The van der Waals surface area contributed by atoms with Gasteiger partial charge in [-0.2, -0.15) is 0 Å². The van der Waals surface area contributed by atoms with Gasteiger partial charge in [-0.25, -0.2) is 0 Å². The molecule has 1 saturated heterocycles. The van der Waals surface area contributed by atoms with Gasteiger partial charge in [-0.1, -0.05) is 6.42 Å². The van der Waals surface area contributed by atoms with Crippen molar-refractivity contribution >= 4 is 5.97 Å². The highest BCUT2D eigenvalue weighted by Crippen LogP contribution is 2.23. The fraction of sp³-hybridized carbons (Fsp3) is 0.917. The fourth-order valence-electron chi connectivity index (χ4n) is 2.38. The Labute approximate surface area is 91.1 Å². The number of hydrogen-bond donors (Lipinski definition) is 0. The summed E-state index contributed by atoms with van der Waals surface area (Å²) >= 11 is 0. The van der Waals surface area contributed by atoms with Crippen molar-refractivity contribution in [1.29, 1.82) is 0 Å². The van der Waals surface area contributed by atoms with Crippen molar-refractivity contribution < 1.29 is 14.3 Å². The molecule has 0 amide bonds. The first kappa shape index (κ1) is 10.9. The van der Waals surface area contributed by atoms with Crippen molar-refractivity contribution in [3.8, 4) is 0 Å². The van der Waals surface area contributed by atoms with E-state index in [4.69, 9.17) is 9.47 Å². The topological polar surface area (TPSA) is 35.5 Å². The van der Waals surface area contributed by atoms with Crippen molar-refractivity contribution in [2.45, 2.75) is 51.0 Å². The Balaban J connectivity index is 1.74. The molecule has 2 rings (SSSR count). The lowest BCUT2D eigenvalue weighted by molar-refractivity contribution is -0.158. The predicted octanol–water partition coefficient (Wildman–Crippen LogP) is 2.29. The highest BCUT2D eigenvalue weighted by molar-refractivity contribution is 5.72. The summed E-state index contributed by atoms with van der Waals surface area (Å²) in [7, 11) is 0. The maximum absolute atomic E-state index is 11.8. The summed E-state index contributed by atoms with van der Waals surface area (Å²) in [6, 6.07) is 0. The van der Waals surface area contributed by atoms with Gasteiger partial charge in [-0.15, -0.1) is 0 Å². The van der Waals surface area contributed by atoms with Crippen molar-refractivity contribution in [3.05, 3.63) is 0 Å². The number of carbonyl (C=O) groups excluding carboxylic acids is 1. The summed E-state index contributed by atoms with van der Waals surface area (Å²) in [5.41, 5.74) is 0. The highest BCUT2D eigenvalue weighted by atomic mass is 16.5. The van der Waals surface area contributed by atoms with Crippen LogP contribution in [0.4, 0.5) is 0 Å². The van der Waals surface area contributed by atoms with Gasteiger partial charge in [-0.3, -0.25) is 4.79 Å². The van der Waals surface area contributed by atoms with Gasteiger partial charge in [-0.05, 0) is 38.5 Å². The van der Waals surface area contributed by atoms with Gasteiger partial charge in [0, 0.05) is 13.2 Å². The molecule has 0 atom stereocenters. The molecule has 86 valence electrons. The highest BCUT2D eigenvalue weighted by Gasteiger charge is 2.26. The zero-order chi connectivity index (χ0) is 10.5. The van der Waals surface area contributed by atoms with Crippen molar-refractivity contribution in [3.63, 3.8) is 0 Å². The van der Waals surface area contributed by atoms with E-state index in [1.807, 2.05) is 0 Å². The first-order chi connectivity index (χ1) is 7.36. The molecular formula is C12H20O3. The van der Waals surface area contributed by atoms with Crippen molar-refractivity contribution in [2.75, 3.05) is 13.2 Å². The van der Waals surface area contributed by atoms with Gasteiger partial charge < -0.3 is 9.47 Å². The molecule has 1 saturated carbocycles. The molecule has 15 heavy (non-hydrogen) atoms. The average Bonchev–Trinajstić information content (AvgIpc) is 2.31. The smallest absolute Gasteiger partial charge is 0.309 e. The van der Waals surface area contributed by atoms with Crippen LogP contribution in [0.15, 0.2) is 0 Å². The second kappa shape index (κ2) is 5.50. The molecule has 0 unspecified atom stereocenters. The third-order valence-electron chi connectivity index (χ3n) is 3.39. The zero-order valence-electron chi connectivity index (χ0n) is 9.24. The summed E-state index contributed by atoms with van der Waals surface area (Å²) < 4.78 is 10.8. The molecule has 2 aliphatic rings. The van der Waals surface area contributed by atoms with Crippen LogP contribution in [0, 0.1) is 5.92 Å². The lowest BCUT2D eigenvalue weighted by Gasteiger charge is -2.26. The predicted molar refractivity (Wildman–Crippen MR) is 56.5 cm³/mol. The van der Waals surface area contributed by atoms with Crippen LogP contribution in [0.1, 0.15) is 44.9 Å². The number of rotatable bonds is 2. The minimum Gasteiger partial charge on any atom is -0.462 e. The van der Waals surface area contributed by atoms with E-state index in [1.54, 1.807) is 0 Å². The molecule has 0 aromatic carbocycles. The average molecular weight is 212 g/mol. The van der Waals surface area contributed by atoms with Crippen LogP contribution in [0.5, 0.6) is 0 Å². The summed E-state index contributed by atoms with van der Waals surface area (Å²) in [4.78, 5) is 11.8. The maximum Gasteiger partial charge on any atom is 0.309 e. The Bertz CT molecular complexity index is 203. The molecular weight excluding hydrogens is 192 g/mol. The summed E-state index contributed by atoms with van der Waals surface area (Å²) in [5, 5.41) is 0. The molecule has 0 aromatic heterocycles. The number of esters is 1. The molecule has 1 aliphatic heterocycles. The molecule has 0 radical (unpaired) electrons. The van der Waals surface area contributed by atoms with Gasteiger partial charge in [0.1, 0.15) is 6.10 Å². The minimum absolute atomic E-state index is 0.0187. The quantitative estimate of drug-likeness (QED) is 0.659. The fourth-order valence-corrected chi connectivity index (χ4v) is 2.38. The largest absolute Gasteiger partial charge is 0.462 e. The van der Waals surface area contributed by atoms with Crippen LogP contribution in [0.3, 0.4) is 0 Å². The molecule has 3 heteroatoms. The van der Waals surface area contributed by atoms with E-state index in [2.05, 4.69) is 0 Å². The monoisotopic (exact) mass is 212 g/mol. The molecule has 0 aromatic rings. The normalized spacial score (nSPS) is 25.1. The summed E-state index contributed by atoms with van der Waals surface area (Å²) in [6.45, 7) is 1.43. The van der Waals surface area contributed by atoms with E-state index in [9.17, 15) is 4.79 Å². The number of ether oxygens (including phenoxy) is 2. The molecule has 0 spiro atoms. The Morgan fingerprint density at radius 3 is 2.33 bits per heavy atom. The van der Waals surface area contributed by atoms with E-state index in [0.29, 0.717) is 13.2 Å². The van der Waals surface area contributed by atoms with E-state index in [1.165, 1.54) is 19.3 Å². The Morgan fingerprint density at radius 1 is 1.00 bits per heavy atom. The third kappa shape index (κ3) is 3.20. The third-order valence-corrected chi connectivity index (χ3v) is 3.39. The molecule has 2 fully saturated rings. The van der Waals surface area contributed by atoms with Crippen LogP contribution in [0.2, 0.25) is 0 Å². The Hall–Kier alpha value is -0.570. The first-order valence-corrected chi connectivity index (χ1v) is 6.14. The number of hydrogen-bond acceptors (Lipinski definition) is 3. The van der Waals surface area contributed by atoms with Crippen LogP contribution in [-0.4, -0.2) is 25.3 Å². The second-order valence-corrected chi connectivity index (χ2v) is 4.58.